The van der Waals surface area contributed by atoms with Gasteiger partial charge in [0.25, 0.3) is 0 Å². The van der Waals surface area contributed by atoms with Crippen LogP contribution in [0, 0.1) is 5.95 Å². The molecule has 1 amide bonds. The molecule has 2 heterocycles. The van der Waals surface area contributed by atoms with Crippen molar-refractivity contribution in [3.8, 4) is 0 Å². The predicted molar refractivity (Wildman–Crippen MR) is 123 cm³/mol. The number of allylic oxidation sites excluding steroid dienone is 1. The van der Waals surface area contributed by atoms with Crippen LogP contribution < -0.4 is 0 Å². The lowest BCUT2D eigenvalue weighted by molar-refractivity contribution is -0.0281. The fraction of sp³-hybridized carbons (Fsp3) is 0.462. The van der Waals surface area contributed by atoms with E-state index in [1.807, 2.05) is 58.0 Å². The molecule has 3 rings (SSSR count). The van der Waals surface area contributed by atoms with Crippen LogP contribution in [0.25, 0.3) is 0 Å². The van der Waals surface area contributed by atoms with Crippen LogP contribution in [0.5, 0.6) is 0 Å². The van der Waals surface area contributed by atoms with Gasteiger partial charge in [-0.15, -0.1) is 0 Å². The van der Waals surface area contributed by atoms with E-state index in [9.17, 15) is 9.18 Å². The van der Waals surface area contributed by atoms with Gasteiger partial charge < -0.3 is 14.4 Å². The number of pyridine rings is 1. The molecule has 6 heteroatoms. The number of hydrogen-bond donors (Lipinski definition) is 0. The second-order valence-electron chi connectivity index (χ2n) is 9.40. The number of halogens is 1. The van der Waals surface area contributed by atoms with Crippen LogP contribution >= 0.6 is 0 Å². The van der Waals surface area contributed by atoms with Crippen LogP contribution in [0.4, 0.5) is 9.18 Å². The first-order chi connectivity index (χ1) is 15.2. The van der Waals surface area contributed by atoms with E-state index in [4.69, 9.17) is 9.47 Å². The van der Waals surface area contributed by atoms with Crippen molar-refractivity contribution < 1.29 is 18.7 Å². The molecule has 1 aliphatic rings. The Morgan fingerprint density at radius 1 is 1.28 bits per heavy atom. The smallest absolute Gasteiger partial charge is 0.410 e. The van der Waals surface area contributed by atoms with Crippen molar-refractivity contribution in [2.24, 2.45) is 0 Å². The van der Waals surface area contributed by atoms with Gasteiger partial charge in [0.1, 0.15) is 11.7 Å². The minimum absolute atomic E-state index is 0.265. The third-order valence-electron chi connectivity index (χ3n) is 5.37. The largest absolute Gasteiger partial charge is 0.444 e. The monoisotopic (exact) mass is 440 g/mol. The average molecular weight is 441 g/mol. The van der Waals surface area contributed by atoms with E-state index in [0.717, 1.165) is 24.0 Å². The third kappa shape index (κ3) is 6.16. The van der Waals surface area contributed by atoms with Crippen LogP contribution in [-0.2, 0) is 22.5 Å². The first kappa shape index (κ1) is 23.9. The molecule has 2 aromatic rings. The summed E-state index contributed by atoms with van der Waals surface area (Å²) in [5, 5.41) is 0. The van der Waals surface area contributed by atoms with E-state index in [-0.39, 0.29) is 12.1 Å². The zero-order valence-corrected chi connectivity index (χ0v) is 19.4. The number of likely N-dealkylation sites (tertiary alicyclic amines) is 1. The first-order valence-corrected chi connectivity index (χ1v) is 11.1. The molecule has 0 unspecified atom stereocenters. The molecule has 0 radical (unpaired) electrons. The number of carbonyl (C=O) groups excluding carboxylic acids is 1. The maximum atomic E-state index is 14.8. The summed E-state index contributed by atoms with van der Waals surface area (Å²) in [7, 11) is 0. The highest BCUT2D eigenvalue weighted by Gasteiger charge is 2.39. The van der Waals surface area contributed by atoms with Crippen molar-refractivity contribution in [3.05, 3.63) is 77.4 Å². The fourth-order valence-corrected chi connectivity index (χ4v) is 4.05. The summed E-state index contributed by atoms with van der Waals surface area (Å²) in [5.74, 6) is -0.527. The van der Waals surface area contributed by atoms with Crippen molar-refractivity contribution in [3.63, 3.8) is 0 Å². The van der Waals surface area contributed by atoms with Crippen LogP contribution in [0.15, 0.2) is 54.7 Å². The Morgan fingerprint density at radius 3 is 2.66 bits per heavy atom. The Labute approximate surface area is 190 Å². The van der Waals surface area contributed by atoms with E-state index in [0.29, 0.717) is 30.7 Å². The molecule has 2 atom stereocenters. The number of aromatic nitrogens is 1. The van der Waals surface area contributed by atoms with Gasteiger partial charge in [-0.25, -0.2) is 9.78 Å². The highest BCUT2D eigenvalue weighted by molar-refractivity contribution is 5.69. The summed E-state index contributed by atoms with van der Waals surface area (Å²) in [4.78, 5) is 18.5. The molecule has 172 valence electrons. The van der Waals surface area contributed by atoms with E-state index in [1.54, 1.807) is 11.0 Å². The van der Waals surface area contributed by atoms with Crippen LogP contribution in [-0.4, -0.2) is 34.2 Å². The molecule has 0 saturated carbocycles. The molecule has 1 fully saturated rings. The lowest BCUT2D eigenvalue weighted by atomic mass is 9.93. The molecular formula is C26H33FN2O3. The molecule has 0 N–H and O–H groups in total. The zero-order valence-electron chi connectivity index (χ0n) is 19.4. The normalized spacial score (nSPS) is 17.3. The predicted octanol–water partition coefficient (Wildman–Crippen LogP) is 6.00. The highest BCUT2D eigenvalue weighted by Crippen LogP contribution is 2.36. The molecular weight excluding hydrogens is 407 g/mol. The Hall–Kier alpha value is -2.73. The lowest BCUT2D eigenvalue weighted by Crippen LogP contribution is -2.43. The van der Waals surface area contributed by atoms with E-state index in [2.05, 4.69) is 11.6 Å². The van der Waals surface area contributed by atoms with E-state index in [1.165, 1.54) is 6.20 Å². The molecule has 0 bridgehead atoms. The molecule has 0 spiro atoms. The van der Waals surface area contributed by atoms with Crippen molar-refractivity contribution in [1.29, 1.82) is 0 Å². The second-order valence-corrected chi connectivity index (χ2v) is 9.40. The van der Waals surface area contributed by atoms with Gasteiger partial charge in [0.05, 0.1) is 12.6 Å². The Bertz CT molecular complexity index is 940. The molecule has 5 nitrogen and oxygen atoms in total. The average Bonchev–Trinajstić information content (AvgIpc) is 3.19. The van der Waals surface area contributed by atoms with Crippen LogP contribution in [0.3, 0.4) is 0 Å². The highest BCUT2D eigenvalue weighted by atomic mass is 19.1. The van der Waals surface area contributed by atoms with Crippen LogP contribution in [0.2, 0.25) is 0 Å². The van der Waals surface area contributed by atoms with Gasteiger partial charge in [0.15, 0.2) is 0 Å². The zero-order chi connectivity index (χ0) is 23.3. The molecule has 32 heavy (non-hydrogen) atoms. The summed E-state index contributed by atoms with van der Waals surface area (Å²) < 4.78 is 26.8. The van der Waals surface area contributed by atoms with Gasteiger partial charge in [0.2, 0.25) is 5.95 Å². The molecule has 1 aromatic heterocycles. The van der Waals surface area contributed by atoms with Crippen molar-refractivity contribution in [2.75, 3.05) is 6.54 Å². The number of ether oxygens (including phenoxy) is 2. The molecule has 1 aliphatic heterocycles. The Kier molecular flexibility index (Phi) is 7.67. The minimum atomic E-state index is -0.599. The SMILES string of the molecule is C=C(C)Cc1c([C@H](OCc2ccccc2)[C@@H]2CCCN2C(=O)OC(C)(C)C)ccnc1F. The number of nitrogens with zero attached hydrogens (tertiary/aromatic N) is 2. The minimum Gasteiger partial charge on any atom is -0.444 e. The van der Waals surface area contributed by atoms with Crippen molar-refractivity contribution in [1.82, 2.24) is 9.88 Å². The van der Waals surface area contributed by atoms with Crippen molar-refractivity contribution >= 4 is 6.09 Å². The molecule has 0 aliphatic carbocycles. The summed E-state index contributed by atoms with van der Waals surface area (Å²) in [5.41, 5.74) is 2.41. The summed E-state index contributed by atoms with van der Waals surface area (Å²) >= 11 is 0. The maximum absolute atomic E-state index is 14.8. The fourth-order valence-electron chi connectivity index (χ4n) is 4.05. The van der Waals surface area contributed by atoms with Gasteiger partial charge in [-0.2, -0.15) is 4.39 Å². The number of rotatable bonds is 7. The molecule has 1 saturated heterocycles. The second kappa shape index (κ2) is 10.3. The summed E-state index contributed by atoms with van der Waals surface area (Å²) in [6, 6.07) is 11.4. The molecule has 1 aromatic carbocycles. The first-order valence-electron chi connectivity index (χ1n) is 11.1. The third-order valence-corrected chi connectivity index (χ3v) is 5.37. The lowest BCUT2D eigenvalue weighted by Gasteiger charge is -2.34. The number of benzene rings is 1. The van der Waals surface area contributed by atoms with Gasteiger partial charge in [-0.3, -0.25) is 0 Å². The topological polar surface area (TPSA) is 51.7 Å². The Morgan fingerprint density at radius 2 is 2.00 bits per heavy atom. The maximum Gasteiger partial charge on any atom is 0.410 e. The quantitative estimate of drug-likeness (QED) is 0.392. The number of amides is 1. The van der Waals surface area contributed by atoms with Gasteiger partial charge >= 0.3 is 6.09 Å². The summed E-state index contributed by atoms with van der Waals surface area (Å²) in [6.07, 6.45) is 2.51. The number of hydrogen-bond acceptors (Lipinski definition) is 4. The van der Waals surface area contributed by atoms with E-state index >= 15 is 0 Å². The van der Waals surface area contributed by atoms with Gasteiger partial charge in [-0.05, 0) is 64.2 Å². The van der Waals surface area contributed by atoms with E-state index < -0.39 is 17.7 Å². The van der Waals surface area contributed by atoms with Gasteiger partial charge in [0, 0.05) is 18.3 Å². The Balaban J connectivity index is 1.97. The number of carbonyl (C=O) groups is 1. The van der Waals surface area contributed by atoms with Crippen LogP contribution in [0.1, 0.15) is 63.3 Å². The van der Waals surface area contributed by atoms with Crippen molar-refractivity contribution in [2.45, 2.75) is 71.3 Å². The standard InChI is InChI=1S/C26H33FN2O3/c1-18(2)16-21-20(13-14-28-24(21)27)23(31-17-19-10-7-6-8-11-19)22-12-9-15-29(22)25(30)32-26(3,4)5/h6-8,10-11,13-14,22-23H,1,9,12,15-17H2,2-5H3/t22-,23-/m0/s1. The summed E-state index contributed by atoms with van der Waals surface area (Å²) in [6.45, 7) is 12.3. The van der Waals surface area contributed by atoms with Gasteiger partial charge in [-0.1, -0.05) is 42.5 Å².